The summed E-state index contributed by atoms with van der Waals surface area (Å²) in [6, 6.07) is 11.6. The third kappa shape index (κ3) is 2.11. The Morgan fingerprint density at radius 1 is 1.12 bits per heavy atom. The van der Waals surface area contributed by atoms with Crippen molar-refractivity contribution in [1.29, 1.82) is 0 Å². The molecule has 2 rings (SSSR count). The van der Waals surface area contributed by atoms with Crippen LogP contribution in [0.1, 0.15) is 10.4 Å². The predicted octanol–water partition coefficient (Wildman–Crippen LogP) is 1.63. The number of aromatic carboxylic acids is 1. The molecule has 0 aromatic heterocycles. The molecule has 5 N–H and O–H groups in total. The van der Waals surface area contributed by atoms with Gasteiger partial charge < -0.3 is 15.9 Å². The molecule has 0 saturated carbocycles. The van der Waals surface area contributed by atoms with Crippen LogP contribution in [0.5, 0.6) is 5.75 Å². The fraction of sp³-hybridized carbons (Fsp3) is 0. The van der Waals surface area contributed by atoms with Gasteiger partial charge in [-0.1, -0.05) is 24.3 Å². The molecular weight excluding hydrogens is 218 g/mol. The Balaban J connectivity index is 2.57. The summed E-state index contributed by atoms with van der Waals surface area (Å²) in [7, 11) is 0. The van der Waals surface area contributed by atoms with E-state index >= 15 is 0 Å². The van der Waals surface area contributed by atoms with Crippen LogP contribution in [0.4, 0.5) is 5.69 Å². The molecule has 0 aliphatic heterocycles. The van der Waals surface area contributed by atoms with Crippen LogP contribution in [0, 0.1) is 0 Å². The standard InChI is InChI=1S/C13H11NO3/c14-11-6-2-5-10(12(11)15)8-3-1-4-9(7-8)13(16)17/h1-7,15H,14H2,(H,16,17)/p+1. The minimum absolute atomic E-state index is 0.0787. The molecule has 17 heavy (non-hydrogen) atoms. The lowest BCUT2D eigenvalue weighted by Gasteiger charge is -2.05. The summed E-state index contributed by atoms with van der Waals surface area (Å²) in [5.74, 6) is -0.910. The van der Waals surface area contributed by atoms with Crippen molar-refractivity contribution in [2.24, 2.45) is 0 Å². The molecule has 2 aromatic rings. The number of carboxylic acids is 1. The first-order chi connectivity index (χ1) is 8.09. The fourth-order valence-corrected chi connectivity index (χ4v) is 1.64. The normalized spacial score (nSPS) is 10.2. The van der Waals surface area contributed by atoms with E-state index < -0.39 is 5.97 Å². The van der Waals surface area contributed by atoms with Crippen molar-refractivity contribution in [3.63, 3.8) is 0 Å². The maximum Gasteiger partial charge on any atom is 0.335 e. The average molecular weight is 230 g/mol. The van der Waals surface area contributed by atoms with Crippen molar-refractivity contribution in [1.82, 2.24) is 0 Å². The highest BCUT2D eigenvalue weighted by atomic mass is 16.4. The molecule has 0 heterocycles. The van der Waals surface area contributed by atoms with E-state index in [4.69, 9.17) is 5.11 Å². The molecular formula is C13H12NO3+. The lowest BCUT2D eigenvalue weighted by molar-refractivity contribution is -0.256. The quantitative estimate of drug-likeness (QED) is 0.733. The first kappa shape index (κ1) is 11.2. The van der Waals surface area contributed by atoms with Crippen LogP contribution in [0.3, 0.4) is 0 Å². The van der Waals surface area contributed by atoms with Gasteiger partial charge in [0.05, 0.1) is 5.56 Å². The Morgan fingerprint density at radius 2 is 1.82 bits per heavy atom. The number of quaternary nitrogens is 1. The minimum Gasteiger partial charge on any atom is -0.502 e. The average Bonchev–Trinajstić information content (AvgIpc) is 2.33. The van der Waals surface area contributed by atoms with E-state index in [0.717, 1.165) is 0 Å². The number of hydrogen-bond donors (Lipinski definition) is 3. The van der Waals surface area contributed by atoms with Crippen LogP contribution in [0.15, 0.2) is 42.5 Å². The minimum atomic E-state index is -0.989. The molecule has 0 aliphatic rings. The van der Waals surface area contributed by atoms with E-state index in [1.807, 2.05) is 0 Å². The van der Waals surface area contributed by atoms with Gasteiger partial charge in [0.15, 0.2) is 11.4 Å². The zero-order valence-electron chi connectivity index (χ0n) is 9.05. The summed E-state index contributed by atoms with van der Waals surface area (Å²) in [5, 5.41) is 18.8. The fourth-order valence-electron chi connectivity index (χ4n) is 1.64. The summed E-state index contributed by atoms with van der Waals surface area (Å²) in [4.78, 5) is 10.9. The van der Waals surface area contributed by atoms with E-state index in [-0.39, 0.29) is 11.3 Å². The highest BCUT2D eigenvalue weighted by Gasteiger charge is 2.10. The molecule has 4 nitrogen and oxygen atoms in total. The number of rotatable bonds is 2. The van der Waals surface area contributed by atoms with Gasteiger partial charge in [-0.15, -0.1) is 0 Å². The van der Waals surface area contributed by atoms with Crippen LogP contribution in [0.2, 0.25) is 0 Å². The molecule has 0 unspecified atom stereocenters. The van der Waals surface area contributed by atoms with Crippen molar-refractivity contribution in [2.75, 3.05) is 0 Å². The van der Waals surface area contributed by atoms with E-state index in [9.17, 15) is 9.90 Å². The number of benzene rings is 2. The number of aromatic hydroxyl groups is 1. The topological polar surface area (TPSA) is 85.2 Å². The van der Waals surface area contributed by atoms with Crippen molar-refractivity contribution in [3.8, 4) is 16.9 Å². The zero-order chi connectivity index (χ0) is 12.4. The molecule has 4 heteroatoms. The number of carboxylic acid groups (broad SMARTS) is 1. The van der Waals surface area contributed by atoms with Crippen molar-refractivity contribution in [3.05, 3.63) is 48.0 Å². The molecule has 0 saturated heterocycles. The van der Waals surface area contributed by atoms with Gasteiger partial charge in [-0.2, -0.15) is 0 Å². The van der Waals surface area contributed by atoms with Gasteiger partial charge in [0.25, 0.3) is 0 Å². The Kier molecular flexibility index (Phi) is 2.80. The zero-order valence-corrected chi connectivity index (χ0v) is 9.05. The number of hydrogen-bond acceptors (Lipinski definition) is 2. The van der Waals surface area contributed by atoms with Gasteiger partial charge in [-0.3, -0.25) is 0 Å². The number of para-hydroxylation sites is 1. The summed E-state index contributed by atoms with van der Waals surface area (Å²) < 4.78 is 0. The second-order valence-electron chi connectivity index (χ2n) is 3.70. The summed E-state index contributed by atoms with van der Waals surface area (Å²) in [5.41, 5.74) is 5.65. The molecule has 0 spiro atoms. The lowest BCUT2D eigenvalue weighted by Crippen LogP contribution is -2.40. The van der Waals surface area contributed by atoms with E-state index in [0.29, 0.717) is 16.8 Å². The third-order valence-electron chi connectivity index (χ3n) is 2.54. The maximum atomic E-state index is 10.9. The van der Waals surface area contributed by atoms with Crippen molar-refractivity contribution in [2.45, 2.75) is 0 Å². The smallest absolute Gasteiger partial charge is 0.335 e. The van der Waals surface area contributed by atoms with E-state index in [1.54, 1.807) is 30.3 Å². The Labute approximate surface area is 97.9 Å². The summed E-state index contributed by atoms with van der Waals surface area (Å²) >= 11 is 0. The number of phenolic OH excluding ortho intramolecular Hbond substituents is 1. The summed E-state index contributed by atoms with van der Waals surface area (Å²) in [6.45, 7) is 0. The van der Waals surface area contributed by atoms with Gasteiger partial charge in [-0.25, -0.2) is 4.79 Å². The summed E-state index contributed by atoms with van der Waals surface area (Å²) in [6.07, 6.45) is 0. The predicted molar refractivity (Wildman–Crippen MR) is 63.1 cm³/mol. The maximum absolute atomic E-state index is 10.9. The Morgan fingerprint density at radius 3 is 2.53 bits per heavy atom. The van der Waals surface area contributed by atoms with Gasteiger partial charge in [0, 0.05) is 11.6 Å². The second kappa shape index (κ2) is 4.27. The van der Waals surface area contributed by atoms with E-state index in [1.165, 1.54) is 12.1 Å². The Bertz CT molecular complexity index is 579. The van der Waals surface area contributed by atoms with E-state index in [2.05, 4.69) is 5.73 Å². The highest BCUT2D eigenvalue weighted by molar-refractivity contribution is 5.90. The first-order valence-electron chi connectivity index (χ1n) is 5.07. The molecule has 0 amide bonds. The monoisotopic (exact) mass is 230 g/mol. The van der Waals surface area contributed by atoms with Crippen molar-refractivity contribution < 1.29 is 20.7 Å². The van der Waals surface area contributed by atoms with Crippen LogP contribution in [-0.4, -0.2) is 16.2 Å². The molecule has 0 fully saturated rings. The number of phenols is 1. The molecule has 0 bridgehead atoms. The lowest BCUT2D eigenvalue weighted by atomic mass is 10.0. The largest absolute Gasteiger partial charge is 0.502 e. The molecule has 0 atom stereocenters. The van der Waals surface area contributed by atoms with Crippen molar-refractivity contribution >= 4 is 11.7 Å². The van der Waals surface area contributed by atoms with Crippen LogP contribution < -0.4 is 5.73 Å². The van der Waals surface area contributed by atoms with Crippen LogP contribution >= 0.6 is 0 Å². The van der Waals surface area contributed by atoms with Gasteiger partial charge in [-0.05, 0) is 17.7 Å². The molecule has 0 radical (unpaired) electrons. The molecule has 86 valence electrons. The first-order valence-corrected chi connectivity index (χ1v) is 5.07. The number of carbonyl (C=O) groups is 1. The second-order valence-corrected chi connectivity index (χ2v) is 3.70. The SMILES string of the molecule is [NH3+]c1cccc(-c2cccc(C(=O)O)c2)c1O. The van der Waals surface area contributed by atoms with Crippen LogP contribution in [-0.2, 0) is 0 Å². The molecule has 0 aliphatic carbocycles. The third-order valence-corrected chi connectivity index (χ3v) is 2.54. The van der Waals surface area contributed by atoms with Gasteiger partial charge in [0.2, 0.25) is 0 Å². The molecule has 2 aromatic carbocycles. The van der Waals surface area contributed by atoms with Crippen LogP contribution in [0.25, 0.3) is 11.1 Å². The Hall–Kier alpha value is -2.33. The highest BCUT2D eigenvalue weighted by Crippen LogP contribution is 2.33. The van der Waals surface area contributed by atoms with Gasteiger partial charge in [0.1, 0.15) is 0 Å². The van der Waals surface area contributed by atoms with Gasteiger partial charge >= 0.3 is 5.97 Å².